The maximum atomic E-state index is 12.5. The van der Waals surface area contributed by atoms with Crippen LogP contribution in [0.1, 0.15) is 31.1 Å². The molecular weight excluding hydrogens is 366 g/mol. The van der Waals surface area contributed by atoms with Gasteiger partial charge in [-0.25, -0.2) is 4.79 Å². The van der Waals surface area contributed by atoms with E-state index < -0.39 is 5.97 Å². The lowest BCUT2D eigenvalue weighted by Crippen LogP contribution is -2.21. The van der Waals surface area contributed by atoms with Crippen molar-refractivity contribution in [3.05, 3.63) is 54.2 Å². The fraction of sp³-hybridized carbons (Fsp3) is 0.304. The quantitative estimate of drug-likeness (QED) is 0.543. The molecule has 0 amide bonds. The van der Waals surface area contributed by atoms with Crippen LogP contribution >= 0.6 is 0 Å². The van der Waals surface area contributed by atoms with Crippen LogP contribution in [0, 0.1) is 0 Å². The number of hydrogen-bond donors (Lipinski definition) is 1. The van der Waals surface area contributed by atoms with Crippen molar-refractivity contribution in [1.82, 2.24) is 4.98 Å². The van der Waals surface area contributed by atoms with Crippen LogP contribution in [-0.2, 0) is 4.74 Å². The zero-order chi connectivity index (χ0) is 20.8. The zero-order valence-corrected chi connectivity index (χ0v) is 17.4. The van der Waals surface area contributed by atoms with E-state index in [1.165, 1.54) is 0 Å². The van der Waals surface area contributed by atoms with Crippen molar-refractivity contribution in [2.75, 3.05) is 37.0 Å². The largest absolute Gasteiger partial charge is 0.497 e. The third-order valence-corrected chi connectivity index (χ3v) is 4.84. The second-order valence-electron chi connectivity index (χ2n) is 6.49. The molecule has 0 aliphatic carbocycles. The van der Waals surface area contributed by atoms with E-state index in [1.54, 1.807) is 20.2 Å². The van der Waals surface area contributed by atoms with Crippen LogP contribution in [0.4, 0.5) is 17.1 Å². The van der Waals surface area contributed by atoms with Crippen LogP contribution in [0.2, 0.25) is 0 Å². The minimum Gasteiger partial charge on any atom is -0.497 e. The Morgan fingerprint density at radius 3 is 2.41 bits per heavy atom. The van der Waals surface area contributed by atoms with Gasteiger partial charge in [0, 0.05) is 36.0 Å². The number of pyridine rings is 1. The van der Waals surface area contributed by atoms with Gasteiger partial charge < -0.3 is 19.7 Å². The van der Waals surface area contributed by atoms with Gasteiger partial charge in [0.25, 0.3) is 0 Å². The molecule has 0 saturated heterocycles. The summed E-state index contributed by atoms with van der Waals surface area (Å²) < 4.78 is 10.6. The number of fused-ring (bicyclic) bond motifs is 1. The summed E-state index contributed by atoms with van der Waals surface area (Å²) in [5.74, 6) is 0.284. The van der Waals surface area contributed by atoms with Gasteiger partial charge in [0.1, 0.15) is 11.3 Å². The molecule has 6 nitrogen and oxygen atoms in total. The van der Waals surface area contributed by atoms with Crippen molar-refractivity contribution in [3.8, 4) is 5.75 Å². The predicted octanol–water partition coefficient (Wildman–Crippen LogP) is 5.01. The maximum absolute atomic E-state index is 12.5. The molecule has 3 rings (SSSR count). The van der Waals surface area contributed by atoms with Gasteiger partial charge in [0.2, 0.25) is 0 Å². The fourth-order valence-corrected chi connectivity index (χ4v) is 3.29. The van der Waals surface area contributed by atoms with Gasteiger partial charge in [-0.15, -0.1) is 0 Å². The van der Waals surface area contributed by atoms with Crippen molar-refractivity contribution >= 4 is 33.9 Å². The molecule has 29 heavy (non-hydrogen) atoms. The number of nitrogens with one attached hydrogen (secondary N) is 1. The van der Waals surface area contributed by atoms with E-state index in [0.717, 1.165) is 35.4 Å². The number of methoxy groups -OCH3 is 1. The first-order valence-electron chi connectivity index (χ1n) is 9.87. The van der Waals surface area contributed by atoms with Crippen LogP contribution in [0.5, 0.6) is 5.75 Å². The maximum Gasteiger partial charge on any atom is 0.341 e. The number of rotatable bonds is 8. The smallest absolute Gasteiger partial charge is 0.341 e. The number of anilines is 3. The lowest BCUT2D eigenvalue weighted by molar-refractivity contribution is 0.0527. The van der Waals surface area contributed by atoms with Gasteiger partial charge in [-0.3, -0.25) is 4.98 Å². The zero-order valence-electron chi connectivity index (χ0n) is 17.4. The number of esters is 1. The van der Waals surface area contributed by atoms with Crippen molar-refractivity contribution in [2.45, 2.75) is 20.8 Å². The topological polar surface area (TPSA) is 63.7 Å². The van der Waals surface area contributed by atoms with E-state index in [1.807, 2.05) is 30.3 Å². The lowest BCUT2D eigenvalue weighted by atomic mass is 10.1. The third kappa shape index (κ3) is 4.42. The molecule has 0 aliphatic heterocycles. The molecule has 0 radical (unpaired) electrons. The van der Waals surface area contributed by atoms with Gasteiger partial charge in [0.15, 0.2) is 0 Å². The fourth-order valence-electron chi connectivity index (χ4n) is 3.29. The standard InChI is InChI=1S/C23H27N3O3/c1-5-26(6-2)17-10-8-16(9-11-17)25-22-19-14-18(28-4)12-13-21(19)24-15-20(22)23(27)29-7-3/h8-15H,5-7H2,1-4H3,(H,24,25). The monoisotopic (exact) mass is 393 g/mol. The van der Waals surface area contributed by atoms with Gasteiger partial charge >= 0.3 is 5.97 Å². The summed E-state index contributed by atoms with van der Waals surface area (Å²) in [6.45, 7) is 8.26. The van der Waals surface area contributed by atoms with Crippen molar-refractivity contribution in [1.29, 1.82) is 0 Å². The number of carbonyl (C=O) groups excluding carboxylic acids is 1. The molecule has 152 valence electrons. The highest BCUT2D eigenvalue weighted by Gasteiger charge is 2.17. The second kappa shape index (κ2) is 9.28. The van der Waals surface area contributed by atoms with Crippen LogP contribution < -0.4 is 15.0 Å². The average molecular weight is 393 g/mol. The summed E-state index contributed by atoms with van der Waals surface area (Å²) in [6, 6.07) is 13.8. The molecule has 0 bridgehead atoms. The number of aromatic nitrogens is 1. The van der Waals surface area contributed by atoms with Crippen molar-refractivity contribution < 1.29 is 14.3 Å². The molecule has 6 heteroatoms. The molecule has 2 aromatic carbocycles. The van der Waals surface area contributed by atoms with Crippen molar-refractivity contribution in [3.63, 3.8) is 0 Å². The molecule has 0 saturated carbocycles. The summed E-state index contributed by atoms with van der Waals surface area (Å²) in [5, 5.41) is 4.19. The SMILES string of the molecule is CCOC(=O)c1cnc2ccc(OC)cc2c1Nc1ccc(N(CC)CC)cc1. The van der Waals surface area contributed by atoms with E-state index in [-0.39, 0.29) is 0 Å². The molecule has 1 N–H and O–H groups in total. The van der Waals surface area contributed by atoms with E-state index >= 15 is 0 Å². The first-order valence-corrected chi connectivity index (χ1v) is 9.87. The van der Waals surface area contributed by atoms with Crippen LogP contribution in [-0.4, -0.2) is 37.8 Å². The van der Waals surface area contributed by atoms with Gasteiger partial charge in [-0.1, -0.05) is 0 Å². The number of benzene rings is 2. The highest BCUT2D eigenvalue weighted by molar-refractivity contribution is 6.06. The first-order chi connectivity index (χ1) is 14.1. The Morgan fingerprint density at radius 2 is 1.79 bits per heavy atom. The molecular formula is C23H27N3O3. The summed E-state index contributed by atoms with van der Waals surface area (Å²) in [6.07, 6.45) is 1.55. The Bertz CT molecular complexity index is 983. The van der Waals surface area contributed by atoms with Crippen LogP contribution in [0.25, 0.3) is 10.9 Å². The normalized spacial score (nSPS) is 10.6. The molecule has 0 aliphatic rings. The molecule has 0 fully saturated rings. The molecule has 0 unspecified atom stereocenters. The molecule has 0 atom stereocenters. The van der Waals surface area contributed by atoms with Crippen molar-refractivity contribution in [2.24, 2.45) is 0 Å². The second-order valence-corrected chi connectivity index (χ2v) is 6.49. The Morgan fingerprint density at radius 1 is 1.07 bits per heavy atom. The van der Waals surface area contributed by atoms with Crippen LogP contribution in [0.15, 0.2) is 48.7 Å². The van der Waals surface area contributed by atoms with Gasteiger partial charge in [-0.2, -0.15) is 0 Å². The Labute approximate surface area is 171 Å². The summed E-state index contributed by atoms with van der Waals surface area (Å²) in [4.78, 5) is 19.2. The first kappa shape index (κ1) is 20.5. The van der Waals surface area contributed by atoms with E-state index in [2.05, 4.69) is 41.2 Å². The predicted molar refractivity (Wildman–Crippen MR) is 118 cm³/mol. The Kier molecular flexibility index (Phi) is 6.54. The molecule has 1 heterocycles. The molecule has 3 aromatic rings. The molecule has 1 aromatic heterocycles. The average Bonchev–Trinajstić information content (AvgIpc) is 2.75. The van der Waals surface area contributed by atoms with Crippen LogP contribution in [0.3, 0.4) is 0 Å². The van der Waals surface area contributed by atoms with Gasteiger partial charge in [0.05, 0.1) is 24.9 Å². The number of ether oxygens (including phenoxy) is 2. The summed E-state index contributed by atoms with van der Waals surface area (Å²) in [5.41, 5.74) is 3.85. The van der Waals surface area contributed by atoms with E-state index in [4.69, 9.17) is 9.47 Å². The summed E-state index contributed by atoms with van der Waals surface area (Å²) >= 11 is 0. The van der Waals surface area contributed by atoms with E-state index in [0.29, 0.717) is 23.6 Å². The molecule has 0 spiro atoms. The van der Waals surface area contributed by atoms with E-state index in [9.17, 15) is 4.79 Å². The summed E-state index contributed by atoms with van der Waals surface area (Å²) in [7, 11) is 1.61. The third-order valence-electron chi connectivity index (χ3n) is 4.84. The lowest BCUT2D eigenvalue weighted by Gasteiger charge is -2.21. The number of nitrogens with zero attached hydrogens (tertiary/aromatic N) is 2. The van der Waals surface area contributed by atoms with Gasteiger partial charge in [-0.05, 0) is 63.2 Å². The minimum atomic E-state index is -0.410. The highest BCUT2D eigenvalue weighted by Crippen LogP contribution is 2.32. The Balaban J connectivity index is 2.05. The minimum absolute atomic E-state index is 0.299. The number of carbonyl (C=O) groups is 1. The Hall–Kier alpha value is -3.28. The highest BCUT2D eigenvalue weighted by atomic mass is 16.5. The number of hydrogen-bond acceptors (Lipinski definition) is 6.